The molecule has 4 atom stereocenters. The minimum atomic E-state index is 0.0158. The number of nitrogens with one attached hydrogen (secondary N) is 2. The predicted molar refractivity (Wildman–Crippen MR) is 108 cm³/mol. The lowest BCUT2D eigenvalue weighted by Crippen LogP contribution is -2.68. The largest absolute Gasteiger partial charge is 0.377 e. The molecule has 4 unspecified atom stereocenters. The van der Waals surface area contributed by atoms with Gasteiger partial charge in [-0.25, -0.2) is 4.99 Å². The fraction of sp³-hybridized carbons (Fsp3) is 0.900. The van der Waals surface area contributed by atoms with E-state index in [0.717, 1.165) is 32.1 Å². The van der Waals surface area contributed by atoms with Gasteiger partial charge in [-0.2, -0.15) is 0 Å². The van der Waals surface area contributed by atoms with Crippen molar-refractivity contribution < 1.29 is 9.53 Å². The Bertz CT molecular complexity index is 563. The molecule has 0 aromatic heterocycles. The quantitative estimate of drug-likeness (QED) is 0.530. The van der Waals surface area contributed by atoms with Crippen LogP contribution in [0.1, 0.15) is 40.0 Å². The van der Waals surface area contributed by atoms with Crippen molar-refractivity contribution in [1.82, 2.24) is 20.4 Å². The van der Waals surface area contributed by atoms with Crippen LogP contribution in [0.4, 0.5) is 0 Å². The highest BCUT2D eigenvalue weighted by molar-refractivity contribution is 5.85. The molecule has 1 aliphatic carbocycles. The molecule has 2 saturated heterocycles. The second kappa shape index (κ2) is 8.35. The van der Waals surface area contributed by atoms with Gasteiger partial charge < -0.3 is 20.3 Å². The second-order valence-corrected chi connectivity index (χ2v) is 8.95. The molecule has 27 heavy (non-hydrogen) atoms. The molecule has 7 nitrogen and oxygen atoms in total. The number of guanidine groups is 1. The Labute approximate surface area is 163 Å². The van der Waals surface area contributed by atoms with Crippen LogP contribution in [0.2, 0.25) is 0 Å². The highest BCUT2D eigenvalue weighted by Crippen LogP contribution is 2.52. The lowest BCUT2D eigenvalue weighted by molar-refractivity contribution is -0.127. The molecule has 1 saturated carbocycles. The third-order valence-corrected chi connectivity index (χ3v) is 6.67. The Balaban J connectivity index is 1.64. The van der Waals surface area contributed by atoms with E-state index < -0.39 is 0 Å². The van der Waals surface area contributed by atoms with Crippen LogP contribution in [-0.2, 0) is 9.53 Å². The average molecular weight is 380 g/mol. The van der Waals surface area contributed by atoms with Gasteiger partial charge in [-0.05, 0) is 32.4 Å². The minimum absolute atomic E-state index is 0.0158. The zero-order valence-electron chi connectivity index (χ0n) is 17.6. The number of hydrogen-bond donors (Lipinski definition) is 2. The molecule has 3 aliphatic rings. The third kappa shape index (κ3) is 4.24. The molecule has 0 aromatic rings. The third-order valence-electron chi connectivity index (χ3n) is 6.67. The number of likely N-dealkylation sites (tertiary alicyclic amines) is 1. The number of hydrogen-bond acceptors (Lipinski definition) is 4. The van der Waals surface area contributed by atoms with Crippen LogP contribution in [0, 0.1) is 11.3 Å². The van der Waals surface area contributed by atoms with E-state index in [4.69, 9.17) is 4.74 Å². The van der Waals surface area contributed by atoms with E-state index in [1.807, 2.05) is 0 Å². The van der Waals surface area contributed by atoms with Gasteiger partial charge >= 0.3 is 0 Å². The van der Waals surface area contributed by atoms with Gasteiger partial charge in [-0.1, -0.05) is 20.8 Å². The molecule has 2 aliphatic heterocycles. The minimum Gasteiger partial charge on any atom is -0.377 e. The van der Waals surface area contributed by atoms with E-state index >= 15 is 0 Å². The fourth-order valence-corrected chi connectivity index (χ4v) is 4.96. The molecule has 0 aromatic carbocycles. The van der Waals surface area contributed by atoms with Crippen molar-refractivity contribution in [3.8, 4) is 0 Å². The molecule has 1 amide bonds. The summed E-state index contributed by atoms with van der Waals surface area (Å²) < 4.78 is 5.91. The summed E-state index contributed by atoms with van der Waals surface area (Å²) in [5, 5.41) is 7.16. The number of carbonyl (C=O) groups is 1. The molecule has 0 bridgehead atoms. The van der Waals surface area contributed by atoms with Crippen LogP contribution in [0.25, 0.3) is 0 Å². The number of ether oxygens (including phenoxy) is 1. The first kappa shape index (κ1) is 20.4. The molecule has 7 heteroatoms. The van der Waals surface area contributed by atoms with Crippen LogP contribution in [-0.4, -0.2) is 86.7 Å². The van der Waals surface area contributed by atoms with Crippen LogP contribution < -0.4 is 10.6 Å². The maximum absolute atomic E-state index is 12.0. The number of aliphatic imine (C=N–C) groups is 1. The van der Waals surface area contributed by atoms with Crippen molar-refractivity contribution in [1.29, 1.82) is 0 Å². The Kier molecular flexibility index (Phi) is 6.31. The van der Waals surface area contributed by atoms with Crippen molar-refractivity contribution in [3.05, 3.63) is 0 Å². The molecule has 3 fully saturated rings. The SMILES string of the molecule is CCN1CCCC1CNC(=NCC(=O)N(C)C)NC1C2CCOC2C1(C)C. The van der Waals surface area contributed by atoms with Crippen molar-refractivity contribution in [2.75, 3.05) is 46.9 Å². The van der Waals surface area contributed by atoms with Gasteiger partial charge in [0, 0.05) is 50.7 Å². The van der Waals surface area contributed by atoms with Gasteiger partial charge in [-0.15, -0.1) is 0 Å². The monoisotopic (exact) mass is 379 g/mol. The number of likely N-dealkylation sites (N-methyl/N-ethyl adjacent to an activating group) is 2. The first-order valence-electron chi connectivity index (χ1n) is 10.4. The van der Waals surface area contributed by atoms with Crippen molar-refractivity contribution in [2.24, 2.45) is 16.3 Å². The summed E-state index contributed by atoms with van der Waals surface area (Å²) in [7, 11) is 3.54. The van der Waals surface area contributed by atoms with E-state index in [0.29, 0.717) is 24.1 Å². The standard InChI is InChI=1S/C20H37N5O2/c1-6-25-10-7-8-14(25)12-21-19(22-13-16(26)24(4)5)23-17-15-9-11-27-18(15)20(17,2)3/h14-15,17-18H,6-13H2,1-5H3,(H2,21,22,23). The highest BCUT2D eigenvalue weighted by Gasteiger charge is 2.59. The molecule has 3 rings (SSSR count). The lowest BCUT2D eigenvalue weighted by atomic mass is 9.57. The molecule has 154 valence electrons. The number of fused-ring (bicyclic) bond motifs is 1. The normalized spacial score (nSPS) is 32.7. The van der Waals surface area contributed by atoms with Gasteiger partial charge in [0.1, 0.15) is 6.54 Å². The summed E-state index contributed by atoms with van der Waals surface area (Å²) in [5.74, 6) is 1.31. The summed E-state index contributed by atoms with van der Waals surface area (Å²) in [6.07, 6.45) is 3.92. The van der Waals surface area contributed by atoms with Gasteiger partial charge in [0.2, 0.25) is 5.91 Å². The lowest BCUT2D eigenvalue weighted by Gasteiger charge is -2.55. The van der Waals surface area contributed by atoms with Crippen LogP contribution in [0.5, 0.6) is 0 Å². The maximum Gasteiger partial charge on any atom is 0.243 e. The van der Waals surface area contributed by atoms with Crippen molar-refractivity contribution in [2.45, 2.75) is 58.2 Å². The number of nitrogens with zero attached hydrogens (tertiary/aromatic N) is 3. The summed E-state index contributed by atoms with van der Waals surface area (Å²) in [5.41, 5.74) is 0.0813. The molecular formula is C20H37N5O2. The second-order valence-electron chi connectivity index (χ2n) is 8.95. The highest BCUT2D eigenvalue weighted by atomic mass is 16.5. The van der Waals surface area contributed by atoms with Crippen LogP contribution >= 0.6 is 0 Å². The summed E-state index contributed by atoms with van der Waals surface area (Å²) >= 11 is 0. The van der Waals surface area contributed by atoms with Gasteiger partial charge in [0.05, 0.1) is 6.10 Å². The zero-order chi connectivity index (χ0) is 19.6. The number of rotatable bonds is 6. The van der Waals surface area contributed by atoms with Crippen molar-refractivity contribution in [3.63, 3.8) is 0 Å². The number of carbonyl (C=O) groups excluding carboxylic acids is 1. The van der Waals surface area contributed by atoms with Gasteiger partial charge in [0.25, 0.3) is 0 Å². The Morgan fingerprint density at radius 3 is 2.81 bits per heavy atom. The van der Waals surface area contributed by atoms with E-state index in [9.17, 15) is 4.79 Å². The van der Waals surface area contributed by atoms with E-state index in [1.165, 1.54) is 19.4 Å². The Morgan fingerprint density at radius 1 is 1.33 bits per heavy atom. The summed E-state index contributed by atoms with van der Waals surface area (Å²) in [6, 6.07) is 0.875. The molecule has 0 radical (unpaired) electrons. The maximum atomic E-state index is 12.0. The average Bonchev–Trinajstić information content (AvgIpc) is 3.28. The number of amides is 1. The fourth-order valence-electron chi connectivity index (χ4n) is 4.96. The van der Waals surface area contributed by atoms with Crippen LogP contribution in [0.15, 0.2) is 4.99 Å². The zero-order valence-corrected chi connectivity index (χ0v) is 17.6. The molecule has 2 N–H and O–H groups in total. The van der Waals surface area contributed by atoms with E-state index in [2.05, 4.69) is 41.3 Å². The first-order valence-corrected chi connectivity index (χ1v) is 10.4. The predicted octanol–water partition coefficient (Wildman–Crippen LogP) is 0.908. The summed E-state index contributed by atoms with van der Waals surface area (Å²) in [4.78, 5) is 20.7. The van der Waals surface area contributed by atoms with Crippen LogP contribution in [0.3, 0.4) is 0 Å². The first-order chi connectivity index (χ1) is 12.8. The molecule has 2 heterocycles. The van der Waals surface area contributed by atoms with E-state index in [1.54, 1.807) is 19.0 Å². The topological polar surface area (TPSA) is 69.2 Å². The molecular weight excluding hydrogens is 342 g/mol. The Morgan fingerprint density at radius 2 is 2.11 bits per heavy atom. The van der Waals surface area contributed by atoms with Gasteiger partial charge in [-0.3, -0.25) is 9.69 Å². The van der Waals surface area contributed by atoms with E-state index in [-0.39, 0.29) is 17.9 Å². The van der Waals surface area contributed by atoms with Gasteiger partial charge in [0.15, 0.2) is 5.96 Å². The summed E-state index contributed by atoms with van der Waals surface area (Å²) in [6.45, 7) is 10.9. The Hall–Kier alpha value is -1.34. The smallest absolute Gasteiger partial charge is 0.243 e. The van der Waals surface area contributed by atoms with Crippen molar-refractivity contribution >= 4 is 11.9 Å². The molecule has 0 spiro atoms.